The molecule has 2 heterocycles. The lowest BCUT2D eigenvalue weighted by Crippen LogP contribution is -2.34. The molecule has 0 radical (unpaired) electrons. The molecule has 0 saturated heterocycles. The van der Waals surface area contributed by atoms with Gasteiger partial charge in [0.1, 0.15) is 11.4 Å². The van der Waals surface area contributed by atoms with Gasteiger partial charge in [-0.15, -0.1) is 10.2 Å². The molecule has 0 amide bonds. The van der Waals surface area contributed by atoms with Gasteiger partial charge in [0.25, 0.3) is 11.8 Å². The number of nitrogens with zero attached hydrogens (tertiary/aromatic N) is 4. The van der Waals surface area contributed by atoms with Crippen LogP contribution in [0.25, 0.3) is 11.6 Å². The van der Waals surface area contributed by atoms with E-state index >= 15 is 0 Å². The Bertz CT molecular complexity index is 1060. The van der Waals surface area contributed by atoms with Gasteiger partial charge in [-0.2, -0.15) is 40.1 Å². The summed E-state index contributed by atoms with van der Waals surface area (Å²) in [6.07, 6.45) is -10.6. The van der Waals surface area contributed by atoms with Crippen molar-refractivity contribution < 1.29 is 44.3 Å². The molecule has 0 saturated carbocycles. The molecule has 0 aliphatic rings. The minimum Gasteiger partial charge on any atom is -0.424 e. The van der Waals surface area contributed by atoms with Crippen LogP contribution in [0.3, 0.4) is 0 Å². The van der Waals surface area contributed by atoms with E-state index in [9.17, 15) is 35.1 Å². The van der Waals surface area contributed by atoms with Gasteiger partial charge in [-0.3, -0.25) is 0 Å². The van der Waals surface area contributed by atoms with Gasteiger partial charge in [-0.1, -0.05) is 6.07 Å². The Morgan fingerprint density at radius 1 is 0.900 bits per heavy atom. The molecule has 160 valence electrons. The lowest BCUT2D eigenvalue weighted by molar-refractivity contribution is -0.297. The molecule has 0 spiro atoms. The molecule has 0 unspecified atom stereocenters. The normalized spacial score (nSPS) is 12.8. The SMILES string of the molecule is Cc1cc(-c2nnc(C(F)(F)C(F)(F)F)o2)nc(Oc2cccc(C(F)(F)F)c2)n1. The van der Waals surface area contributed by atoms with Crippen LogP contribution in [0.4, 0.5) is 35.1 Å². The van der Waals surface area contributed by atoms with Crippen molar-refractivity contribution in [3.8, 4) is 23.3 Å². The number of halogens is 8. The van der Waals surface area contributed by atoms with E-state index in [-0.39, 0.29) is 17.1 Å². The van der Waals surface area contributed by atoms with Gasteiger partial charge in [-0.05, 0) is 31.2 Å². The fourth-order valence-electron chi connectivity index (χ4n) is 2.11. The molecule has 3 aromatic rings. The third kappa shape index (κ3) is 4.31. The van der Waals surface area contributed by atoms with Crippen LogP contribution in [0, 0.1) is 6.92 Å². The zero-order valence-electron chi connectivity index (χ0n) is 14.5. The van der Waals surface area contributed by atoms with Crippen molar-refractivity contribution in [2.75, 3.05) is 0 Å². The van der Waals surface area contributed by atoms with E-state index in [1.54, 1.807) is 0 Å². The maximum Gasteiger partial charge on any atom is 0.463 e. The van der Waals surface area contributed by atoms with Gasteiger partial charge in [0.15, 0.2) is 0 Å². The number of aryl methyl sites for hydroxylation is 1. The summed E-state index contributed by atoms with van der Waals surface area (Å²) >= 11 is 0. The van der Waals surface area contributed by atoms with E-state index < -0.39 is 41.6 Å². The molecule has 0 fully saturated rings. The molecule has 0 aliphatic heterocycles. The zero-order valence-corrected chi connectivity index (χ0v) is 14.5. The fourth-order valence-corrected chi connectivity index (χ4v) is 2.11. The molecule has 30 heavy (non-hydrogen) atoms. The van der Waals surface area contributed by atoms with Crippen molar-refractivity contribution >= 4 is 0 Å². The Labute approximate surface area is 161 Å². The summed E-state index contributed by atoms with van der Waals surface area (Å²) in [5.41, 5.74) is -1.26. The second kappa shape index (κ2) is 7.18. The summed E-state index contributed by atoms with van der Waals surface area (Å²) in [6, 6.07) is 4.30. The smallest absolute Gasteiger partial charge is 0.424 e. The summed E-state index contributed by atoms with van der Waals surface area (Å²) < 4.78 is 112. The number of hydrogen-bond acceptors (Lipinski definition) is 6. The Balaban J connectivity index is 1.92. The highest BCUT2D eigenvalue weighted by Crippen LogP contribution is 2.43. The predicted octanol–water partition coefficient (Wildman–Crippen LogP) is 5.30. The molecule has 6 nitrogen and oxygen atoms in total. The summed E-state index contributed by atoms with van der Waals surface area (Å²) in [7, 11) is 0. The van der Waals surface area contributed by atoms with Gasteiger partial charge in [0.05, 0.1) is 5.56 Å². The average molecular weight is 440 g/mol. The first-order chi connectivity index (χ1) is 13.8. The van der Waals surface area contributed by atoms with E-state index in [2.05, 4.69) is 24.6 Å². The first-order valence-corrected chi connectivity index (χ1v) is 7.77. The Hall–Kier alpha value is -3.32. The number of alkyl halides is 8. The molecular formula is C16H8F8N4O2. The Morgan fingerprint density at radius 3 is 2.23 bits per heavy atom. The van der Waals surface area contributed by atoms with E-state index in [0.29, 0.717) is 6.07 Å². The molecular weight excluding hydrogens is 432 g/mol. The van der Waals surface area contributed by atoms with Crippen LogP contribution in [0.1, 0.15) is 17.1 Å². The maximum absolute atomic E-state index is 13.3. The molecule has 2 aromatic heterocycles. The minimum atomic E-state index is -5.96. The molecule has 3 rings (SSSR count). The zero-order chi connectivity index (χ0) is 22.3. The van der Waals surface area contributed by atoms with Crippen molar-refractivity contribution in [3.63, 3.8) is 0 Å². The first-order valence-electron chi connectivity index (χ1n) is 7.77. The van der Waals surface area contributed by atoms with Crippen molar-refractivity contribution in [1.82, 2.24) is 20.2 Å². The molecule has 1 aromatic carbocycles. The van der Waals surface area contributed by atoms with Gasteiger partial charge >= 0.3 is 24.3 Å². The fraction of sp³-hybridized carbons (Fsp3) is 0.250. The standard InChI is InChI=1S/C16H8F8N4O2/c1-7-5-10(11-27-28-12(30-11)14(17,18)16(22,23)24)26-13(25-7)29-9-4-2-3-8(6-9)15(19,20)21/h2-6H,1H3. The van der Waals surface area contributed by atoms with Gasteiger partial charge in [0.2, 0.25) is 0 Å². The summed E-state index contributed by atoms with van der Waals surface area (Å²) in [4.78, 5) is 7.52. The lowest BCUT2D eigenvalue weighted by Gasteiger charge is -2.14. The number of ether oxygens (including phenoxy) is 1. The molecule has 0 aliphatic carbocycles. The second-order valence-electron chi connectivity index (χ2n) is 5.79. The maximum atomic E-state index is 13.3. The molecule has 0 atom stereocenters. The largest absolute Gasteiger partial charge is 0.463 e. The van der Waals surface area contributed by atoms with E-state index in [1.807, 2.05) is 0 Å². The lowest BCUT2D eigenvalue weighted by atomic mass is 10.2. The highest BCUT2D eigenvalue weighted by molar-refractivity contribution is 5.47. The van der Waals surface area contributed by atoms with Gasteiger partial charge in [0, 0.05) is 5.69 Å². The quantitative estimate of drug-likeness (QED) is 0.513. The Morgan fingerprint density at radius 2 is 1.60 bits per heavy atom. The monoisotopic (exact) mass is 440 g/mol. The van der Waals surface area contributed by atoms with Crippen molar-refractivity contribution in [2.45, 2.75) is 25.2 Å². The van der Waals surface area contributed by atoms with E-state index in [4.69, 9.17) is 4.74 Å². The van der Waals surface area contributed by atoms with Gasteiger partial charge in [-0.25, -0.2) is 4.98 Å². The van der Waals surface area contributed by atoms with Crippen LogP contribution in [0.15, 0.2) is 34.7 Å². The minimum absolute atomic E-state index is 0.129. The number of aromatic nitrogens is 4. The van der Waals surface area contributed by atoms with Crippen LogP contribution >= 0.6 is 0 Å². The third-order valence-electron chi connectivity index (χ3n) is 3.47. The predicted molar refractivity (Wildman–Crippen MR) is 81.5 cm³/mol. The van der Waals surface area contributed by atoms with Crippen LogP contribution < -0.4 is 4.74 Å². The molecule has 14 heteroatoms. The van der Waals surface area contributed by atoms with Crippen molar-refractivity contribution in [2.24, 2.45) is 0 Å². The van der Waals surface area contributed by atoms with Crippen LogP contribution in [0.5, 0.6) is 11.8 Å². The highest BCUT2D eigenvalue weighted by atomic mass is 19.4. The summed E-state index contributed by atoms with van der Waals surface area (Å²) in [6.45, 7) is 1.38. The van der Waals surface area contributed by atoms with Gasteiger partial charge < -0.3 is 9.15 Å². The van der Waals surface area contributed by atoms with Crippen molar-refractivity contribution in [3.05, 3.63) is 47.5 Å². The van der Waals surface area contributed by atoms with Crippen LogP contribution in [-0.4, -0.2) is 26.3 Å². The number of rotatable bonds is 4. The number of hydrogen-bond donors (Lipinski definition) is 0. The summed E-state index contributed by atoms with van der Waals surface area (Å²) in [5, 5.41) is 5.81. The summed E-state index contributed by atoms with van der Waals surface area (Å²) in [5.74, 6) is -8.48. The average Bonchev–Trinajstić information content (AvgIpc) is 3.10. The van der Waals surface area contributed by atoms with Crippen LogP contribution in [0.2, 0.25) is 0 Å². The highest BCUT2D eigenvalue weighted by Gasteiger charge is 2.63. The van der Waals surface area contributed by atoms with E-state index in [0.717, 1.165) is 18.2 Å². The van der Waals surface area contributed by atoms with Crippen molar-refractivity contribution in [1.29, 1.82) is 0 Å². The molecule has 0 bridgehead atoms. The third-order valence-corrected chi connectivity index (χ3v) is 3.47. The van der Waals surface area contributed by atoms with E-state index in [1.165, 1.54) is 13.0 Å². The number of benzene rings is 1. The molecule has 0 N–H and O–H groups in total. The van der Waals surface area contributed by atoms with Crippen LogP contribution in [-0.2, 0) is 12.1 Å². The first kappa shape index (κ1) is 21.4. The topological polar surface area (TPSA) is 73.9 Å². The Kier molecular flexibility index (Phi) is 5.12. The second-order valence-corrected chi connectivity index (χ2v) is 5.79.